The Kier molecular flexibility index (Phi) is 7.32. The molecule has 4 atom stereocenters. The number of thioether (sulfide) groups is 1. The van der Waals surface area contributed by atoms with Gasteiger partial charge in [-0.2, -0.15) is 8.42 Å². The molecule has 0 aliphatic heterocycles. The number of aromatic nitrogens is 3. The van der Waals surface area contributed by atoms with Gasteiger partial charge in [0.1, 0.15) is 29.7 Å². The molecule has 1 aliphatic rings. The second-order valence-corrected chi connectivity index (χ2v) is 10.8. The fraction of sp³-hybridized carbons (Fsp3) is 0.364. The van der Waals surface area contributed by atoms with E-state index in [9.17, 15) is 23.0 Å². The Bertz CT molecular complexity index is 1420. The molecule has 2 heterocycles. The molecule has 1 fully saturated rings. The van der Waals surface area contributed by atoms with E-state index in [1.54, 1.807) is 22.9 Å². The molecule has 1 aromatic carbocycles. The molecule has 0 saturated heterocycles. The number of aliphatic hydroxyl groups is 2. The first-order valence-corrected chi connectivity index (χ1v) is 13.3. The Morgan fingerprint density at radius 2 is 2.06 bits per heavy atom. The van der Waals surface area contributed by atoms with E-state index in [1.165, 1.54) is 24.2 Å². The van der Waals surface area contributed by atoms with Crippen LogP contribution in [0, 0.1) is 23.6 Å². The molecule has 35 heavy (non-hydrogen) atoms. The maximum absolute atomic E-state index is 14.5. The molecule has 1 saturated carbocycles. The minimum Gasteiger partial charge on any atom is -0.390 e. The van der Waals surface area contributed by atoms with Gasteiger partial charge < -0.3 is 20.5 Å². The summed E-state index contributed by atoms with van der Waals surface area (Å²) in [6.45, 7) is 1.83. The van der Waals surface area contributed by atoms with Crippen LogP contribution in [0.25, 0.3) is 11.0 Å². The minimum atomic E-state index is -3.95. The molecule has 0 spiro atoms. The maximum Gasteiger partial charge on any atom is 0.274 e. The van der Waals surface area contributed by atoms with Crippen LogP contribution in [0.5, 0.6) is 0 Å². The molecule has 13 heteroatoms. The van der Waals surface area contributed by atoms with Crippen LogP contribution in [0.2, 0.25) is 0 Å². The first-order valence-electron chi connectivity index (χ1n) is 10.8. The van der Waals surface area contributed by atoms with Crippen molar-refractivity contribution >= 4 is 38.8 Å². The molecule has 0 unspecified atom stereocenters. The van der Waals surface area contributed by atoms with Crippen LogP contribution in [0.15, 0.2) is 35.6 Å². The Balaban J connectivity index is 1.75. The SMILES string of the molecule is CCSc1cccc(F)c1C#Cc1cn([C@@H]2C[C@H](CNS(N)(=O)=O)[C@@H](O)[C@H]2O)c2ncnc(N)c12. The van der Waals surface area contributed by atoms with E-state index in [0.29, 0.717) is 21.5 Å². The summed E-state index contributed by atoms with van der Waals surface area (Å²) in [7, 11) is -3.95. The van der Waals surface area contributed by atoms with Gasteiger partial charge in [0, 0.05) is 23.6 Å². The zero-order chi connectivity index (χ0) is 25.3. The predicted octanol–water partition coefficient (Wildman–Crippen LogP) is 0.740. The van der Waals surface area contributed by atoms with Gasteiger partial charge >= 0.3 is 0 Å². The highest BCUT2D eigenvalue weighted by atomic mass is 32.2. The molecule has 0 bridgehead atoms. The number of aliphatic hydroxyl groups excluding tert-OH is 2. The summed E-state index contributed by atoms with van der Waals surface area (Å²) >= 11 is 1.48. The fourth-order valence-electron chi connectivity index (χ4n) is 4.29. The van der Waals surface area contributed by atoms with Crippen molar-refractivity contribution in [2.24, 2.45) is 11.1 Å². The topological polar surface area (TPSA) is 169 Å². The molecule has 3 aromatic rings. The predicted molar refractivity (Wildman–Crippen MR) is 131 cm³/mol. The van der Waals surface area contributed by atoms with Crippen LogP contribution < -0.4 is 15.6 Å². The molecule has 186 valence electrons. The summed E-state index contributed by atoms with van der Waals surface area (Å²) in [4.78, 5) is 9.05. The Hall–Kier alpha value is -2.73. The van der Waals surface area contributed by atoms with Gasteiger partial charge in [-0.3, -0.25) is 0 Å². The lowest BCUT2D eigenvalue weighted by atomic mass is 10.1. The quantitative estimate of drug-likeness (QED) is 0.234. The van der Waals surface area contributed by atoms with Gasteiger partial charge in [-0.15, -0.1) is 11.8 Å². The van der Waals surface area contributed by atoms with Gasteiger partial charge in [-0.05, 0) is 24.3 Å². The third kappa shape index (κ3) is 5.27. The summed E-state index contributed by atoms with van der Waals surface area (Å²) < 4.78 is 40.9. The lowest BCUT2D eigenvalue weighted by molar-refractivity contribution is 0.00769. The molecular weight excluding hydrogens is 495 g/mol. The molecule has 1 aliphatic carbocycles. The van der Waals surface area contributed by atoms with E-state index >= 15 is 0 Å². The lowest BCUT2D eigenvalue weighted by Gasteiger charge is -2.18. The van der Waals surface area contributed by atoms with Crippen molar-refractivity contribution in [3.63, 3.8) is 0 Å². The van der Waals surface area contributed by atoms with E-state index in [1.807, 2.05) is 6.92 Å². The number of hydrogen-bond donors (Lipinski definition) is 5. The van der Waals surface area contributed by atoms with Crippen LogP contribution in [0.3, 0.4) is 0 Å². The molecule has 10 nitrogen and oxygen atoms in total. The first-order chi connectivity index (χ1) is 16.6. The summed E-state index contributed by atoms with van der Waals surface area (Å²) in [5.74, 6) is 5.75. The lowest BCUT2D eigenvalue weighted by Crippen LogP contribution is -2.38. The van der Waals surface area contributed by atoms with Crippen molar-refractivity contribution in [1.82, 2.24) is 19.3 Å². The fourth-order valence-corrected chi connectivity index (χ4v) is 5.51. The first kappa shape index (κ1) is 25.4. The Labute approximate surface area is 206 Å². The summed E-state index contributed by atoms with van der Waals surface area (Å²) in [6, 6.07) is 4.12. The number of fused-ring (bicyclic) bond motifs is 1. The van der Waals surface area contributed by atoms with Gasteiger partial charge in [0.05, 0.1) is 28.7 Å². The number of hydrogen-bond acceptors (Lipinski definition) is 8. The van der Waals surface area contributed by atoms with Crippen molar-refractivity contribution in [1.29, 1.82) is 0 Å². The van der Waals surface area contributed by atoms with E-state index in [-0.39, 0.29) is 24.3 Å². The number of benzene rings is 1. The average molecular weight is 521 g/mol. The number of nitrogen functional groups attached to an aromatic ring is 1. The average Bonchev–Trinajstić information content (AvgIpc) is 3.30. The van der Waals surface area contributed by atoms with Gasteiger partial charge in [0.2, 0.25) is 0 Å². The molecule has 7 N–H and O–H groups in total. The van der Waals surface area contributed by atoms with Crippen LogP contribution in [0.1, 0.15) is 30.5 Å². The highest BCUT2D eigenvalue weighted by molar-refractivity contribution is 7.99. The van der Waals surface area contributed by atoms with Gasteiger partial charge in [0.25, 0.3) is 10.2 Å². The monoisotopic (exact) mass is 520 g/mol. The number of nitrogens with one attached hydrogen (secondary N) is 1. The van der Waals surface area contributed by atoms with E-state index in [0.717, 1.165) is 5.75 Å². The summed E-state index contributed by atoms with van der Waals surface area (Å²) in [6.07, 6.45) is 0.722. The largest absolute Gasteiger partial charge is 0.390 e. The zero-order valence-corrected chi connectivity index (χ0v) is 20.4. The number of anilines is 1. The van der Waals surface area contributed by atoms with Crippen LogP contribution >= 0.6 is 11.8 Å². The number of nitrogens with zero attached hydrogens (tertiary/aromatic N) is 3. The molecule has 4 rings (SSSR count). The van der Waals surface area contributed by atoms with E-state index in [4.69, 9.17) is 10.9 Å². The molecule has 2 aromatic heterocycles. The zero-order valence-electron chi connectivity index (χ0n) is 18.7. The van der Waals surface area contributed by atoms with Crippen molar-refractivity contribution < 1.29 is 23.0 Å². The highest BCUT2D eigenvalue weighted by Gasteiger charge is 2.43. The van der Waals surface area contributed by atoms with Gasteiger partial charge in [0.15, 0.2) is 0 Å². The Morgan fingerprint density at radius 1 is 1.29 bits per heavy atom. The smallest absolute Gasteiger partial charge is 0.274 e. The molecule has 0 amide bonds. The van der Waals surface area contributed by atoms with Crippen molar-refractivity contribution in [3.05, 3.63) is 47.7 Å². The summed E-state index contributed by atoms with van der Waals surface area (Å²) in [5.41, 5.74) is 7.20. The van der Waals surface area contributed by atoms with Gasteiger partial charge in [-0.1, -0.05) is 24.8 Å². The number of halogens is 1. The number of rotatable bonds is 6. The molecule has 0 radical (unpaired) electrons. The highest BCUT2D eigenvalue weighted by Crippen LogP contribution is 2.38. The second-order valence-electron chi connectivity index (χ2n) is 8.14. The normalized spacial score (nSPS) is 22.3. The van der Waals surface area contributed by atoms with Crippen LogP contribution in [-0.2, 0) is 10.2 Å². The second kappa shape index (κ2) is 10.1. The van der Waals surface area contributed by atoms with Gasteiger partial charge in [-0.25, -0.2) is 24.2 Å². The maximum atomic E-state index is 14.5. The minimum absolute atomic E-state index is 0.137. The van der Waals surface area contributed by atoms with E-state index < -0.39 is 40.2 Å². The molecular formula is C22H25FN6O4S2. The third-order valence-corrected chi connectivity index (χ3v) is 7.42. The Morgan fingerprint density at radius 3 is 2.77 bits per heavy atom. The summed E-state index contributed by atoms with van der Waals surface area (Å²) in [5, 5.41) is 26.7. The van der Waals surface area contributed by atoms with Crippen LogP contribution in [-0.4, -0.2) is 57.7 Å². The van der Waals surface area contributed by atoms with Crippen LogP contribution in [0.4, 0.5) is 10.2 Å². The van der Waals surface area contributed by atoms with Crippen molar-refractivity contribution in [2.75, 3.05) is 18.0 Å². The standard InChI is InChI=1S/C22H25FN6O4S2/c1-2-34-17-5-3-4-15(23)14(17)7-6-12-10-29(22-18(12)21(24)26-11-27-22)16-8-13(19(30)20(16)31)9-28-35(25,32)33/h3-5,10-11,13,16,19-20,28,30-31H,2,8-9H2,1H3,(H2,24,26,27)(H2,25,32,33)/t13-,16-,19-,20+/m1/s1. The third-order valence-electron chi connectivity index (χ3n) is 5.91. The van der Waals surface area contributed by atoms with Crippen molar-refractivity contribution in [3.8, 4) is 11.8 Å². The van der Waals surface area contributed by atoms with E-state index in [2.05, 4.69) is 26.5 Å². The number of nitrogens with two attached hydrogens (primary N) is 2. The van der Waals surface area contributed by atoms with Crippen molar-refractivity contribution in [2.45, 2.75) is 36.5 Å².